The Morgan fingerprint density at radius 1 is 1.39 bits per heavy atom. The Kier molecular flexibility index (Phi) is 2.80. The van der Waals surface area contributed by atoms with Crippen molar-refractivity contribution in [1.82, 2.24) is 4.98 Å². The second-order valence-corrected chi connectivity index (χ2v) is 5.11. The molecule has 2 unspecified atom stereocenters. The van der Waals surface area contributed by atoms with E-state index in [2.05, 4.69) is 4.98 Å². The van der Waals surface area contributed by atoms with E-state index >= 15 is 0 Å². The molecule has 0 spiro atoms. The molecule has 2 atom stereocenters. The molecule has 1 fully saturated rings. The van der Waals surface area contributed by atoms with Crippen molar-refractivity contribution in [3.63, 3.8) is 0 Å². The summed E-state index contributed by atoms with van der Waals surface area (Å²) in [4.78, 5) is 4.13. The highest BCUT2D eigenvalue weighted by molar-refractivity contribution is 5.85. The van der Waals surface area contributed by atoms with Crippen LogP contribution in [0.4, 0.5) is 0 Å². The van der Waals surface area contributed by atoms with Crippen molar-refractivity contribution in [3.8, 4) is 0 Å². The van der Waals surface area contributed by atoms with Crippen LogP contribution in [0.15, 0.2) is 36.7 Å². The van der Waals surface area contributed by atoms with Crippen molar-refractivity contribution < 1.29 is 9.84 Å². The van der Waals surface area contributed by atoms with Gasteiger partial charge in [0.1, 0.15) is 0 Å². The molecule has 0 bridgehead atoms. The third-order valence-corrected chi connectivity index (χ3v) is 3.95. The summed E-state index contributed by atoms with van der Waals surface area (Å²) in [6, 6.07) is 7.96. The number of aliphatic hydroxyl groups is 1. The van der Waals surface area contributed by atoms with Crippen LogP contribution in [0.25, 0.3) is 10.8 Å². The zero-order valence-corrected chi connectivity index (χ0v) is 10.5. The van der Waals surface area contributed by atoms with Crippen molar-refractivity contribution in [2.45, 2.75) is 18.9 Å². The normalized spacial score (nSPS) is 23.1. The monoisotopic (exact) mass is 243 g/mol. The molecule has 0 amide bonds. The number of pyridine rings is 1. The second kappa shape index (κ2) is 4.34. The van der Waals surface area contributed by atoms with Gasteiger partial charge in [0, 0.05) is 30.3 Å². The van der Waals surface area contributed by atoms with Gasteiger partial charge in [-0.05, 0) is 30.4 Å². The number of nitrogens with zero attached hydrogens (tertiary/aromatic N) is 1. The molecule has 18 heavy (non-hydrogen) atoms. The molecule has 0 saturated carbocycles. The van der Waals surface area contributed by atoms with Gasteiger partial charge in [0.25, 0.3) is 0 Å². The van der Waals surface area contributed by atoms with Crippen molar-refractivity contribution in [2.75, 3.05) is 13.2 Å². The Bertz CT molecular complexity index is 554. The number of ether oxygens (including phenoxy) is 1. The smallest absolute Gasteiger partial charge is 0.0925 e. The topological polar surface area (TPSA) is 42.4 Å². The standard InChI is InChI=1S/C15H17NO2/c1-15(17,12-6-8-18-10-12)14-4-2-3-11-9-16-7-5-13(11)14/h2-5,7,9,12,17H,6,8,10H2,1H3. The Labute approximate surface area is 106 Å². The fourth-order valence-corrected chi connectivity index (χ4v) is 2.76. The molecule has 94 valence electrons. The largest absolute Gasteiger partial charge is 0.385 e. The van der Waals surface area contributed by atoms with Crippen molar-refractivity contribution in [2.24, 2.45) is 5.92 Å². The molecule has 0 aliphatic carbocycles. The summed E-state index contributed by atoms with van der Waals surface area (Å²) < 4.78 is 5.40. The summed E-state index contributed by atoms with van der Waals surface area (Å²) in [5.74, 6) is 0.163. The summed E-state index contributed by atoms with van der Waals surface area (Å²) in [7, 11) is 0. The fraction of sp³-hybridized carbons (Fsp3) is 0.400. The highest BCUT2D eigenvalue weighted by Gasteiger charge is 2.37. The minimum absolute atomic E-state index is 0.163. The van der Waals surface area contributed by atoms with E-state index in [1.54, 1.807) is 6.20 Å². The first-order valence-electron chi connectivity index (χ1n) is 6.33. The van der Waals surface area contributed by atoms with E-state index in [-0.39, 0.29) is 5.92 Å². The lowest BCUT2D eigenvalue weighted by Gasteiger charge is -2.30. The molecular formula is C15H17NO2. The lowest BCUT2D eigenvalue weighted by molar-refractivity contribution is -0.00840. The third-order valence-electron chi connectivity index (χ3n) is 3.95. The van der Waals surface area contributed by atoms with Crippen molar-refractivity contribution in [3.05, 3.63) is 42.2 Å². The van der Waals surface area contributed by atoms with Crippen LogP contribution in [0.5, 0.6) is 0 Å². The second-order valence-electron chi connectivity index (χ2n) is 5.11. The van der Waals surface area contributed by atoms with E-state index < -0.39 is 5.60 Å². The molecule has 3 heteroatoms. The molecule has 0 radical (unpaired) electrons. The van der Waals surface area contributed by atoms with Crippen LogP contribution in [0.2, 0.25) is 0 Å². The lowest BCUT2D eigenvalue weighted by atomic mass is 9.80. The molecule has 1 N–H and O–H groups in total. The summed E-state index contributed by atoms with van der Waals surface area (Å²) in [5.41, 5.74) is 0.120. The summed E-state index contributed by atoms with van der Waals surface area (Å²) in [5, 5.41) is 13.0. The minimum Gasteiger partial charge on any atom is -0.385 e. The zero-order chi connectivity index (χ0) is 12.6. The molecule has 1 saturated heterocycles. The van der Waals surface area contributed by atoms with E-state index in [9.17, 15) is 5.11 Å². The number of aromatic nitrogens is 1. The maximum atomic E-state index is 10.9. The Morgan fingerprint density at radius 2 is 2.28 bits per heavy atom. The van der Waals surface area contributed by atoms with E-state index in [0.717, 1.165) is 29.4 Å². The maximum absolute atomic E-state index is 10.9. The highest BCUT2D eigenvalue weighted by atomic mass is 16.5. The number of hydrogen-bond donors (Lipinski definition) is 1. The summed E-state index contributed by atoms with van der Waals surface area (Å²) >= 11 is 0. The predicted octanol–water partition coefficient (Wildman–Crippen LogP) is 2.48. The molecule has 3 rings (SSSR count). The first-order valence-corrected chi connectivity index (χ1v) is 6.33. The van der Waals surface area contributed by atoms with Crippen LogP contribution in [-0.2, 0) is 10.3 Å². The summed E-state index contributed by atoms with van der Waals surface area (Å²) in [6.07, 6.45) is 4.52. The Hall–Kier alpha value is -1.45. The van der Waals surface area contributed by atoms with Crippen LogP contribution < -0.4 is 0 Å². The highest BCUT2D eigenvalue weighted by Crippen LogP contribution is 2.37. The maximum Gasteiger partial charge on any atom is 0.0925 e. The molecular weight excluding hydrogens is 226 g/mol. The first-order chi connectivity index (χ1) is 8.69. The Balaban J connectivity index is 2.13. The summed E-state index contributed by atoms with van der Waals surface area (Å²) in [6.45, 7) is 3.27. The third kappa shape index (κ3) is 1.80. The average molecular weight is 243 g/mol. The van der Waals surface area contributed by atoms with Crippen molar-refractivity contribution >= 4 is 10.8 Å². The van der Waals surface area contributed by atoms with Gasteiger partial charge in [-0.2, -0.15) is 0 Å². The van der Waals surface area contributed by atoms with Gasteiger partial charge < -0.3 is 9.84 Å². The van der Waals surface area contributed by atoms with Crippen LogP contribution in [0.1, 0.15) is 18.9 Å². The van der Waals surface area contributed by atoms with Crippen LogP contribution in [-0.4, -0.2) is 23.3 Å². The quantitative estimate of drug-likeness (QED) is 0.881. The van der Waals surface area contributed by atoms with E-state index in [1.807, 2.05) is 37.4 Å². The van der Waals surface area contributed by atoms with Crippen LogP contribution in [0, 0.1) is 5.92 Å². The molecule has 1 aromatic heterocycles. The van der Waals surface area contributed by atoms with E-state index in [0.29, 0.717) is 6.61 Å². The lowest BCUT2D eigenvalue weighted by Crippen LogP contribution is -2.32. The van der Waals surface area contributed by atoms with Gasteiger partial charge in [-0.15, -0.1) is 0 Å². The molecule has 3 nitrogen and oxygen atoms in total. The number of hydrogen-bond acceptors (Lipinski definition) is 3. The fourth-order valence-electron chi connectivity index (χ4n) is 2.76. The number of benzene rings is 1. The minimum atomic E-state index is -0.850. The molecule has 1 aromatic carbocycles. The van der Waals surface area contributed by atoms with Gasteiger partial charge in [-0.3, -0.25) is 4.98 Å². The zero-order valence-electron chi connectivity index (χ0n) is 10.5. The first kappa shape index (κ1) is 11.6. The van der Waals surface area contributed by atoms with Gasteiger partial charge in [-0.25, -0.2) is 0 Å². The molecule has 2 heterocycles. The van der Waals surface area contributed by atoms with Gasteiger partial charge in [-0.1, -0.05) is 18.2 Å². The SMILES string of the molecule is CC(O)(c1cccc2cnccc12)C1CCOC1. The molecule has 1 aliphatic heterocycles. The molecule has 1 aliphatic rings. The number of rotatable bonds is 2. The average Bonchev–Trinajstić information content (AvgIpc) is 2.92. The Morgan fingerprint density at radius 3 is 3.06 bits per heavy atom. The predicted molar refractivity (Wildman–Crippen MR) is 70.2 cm³/mol. The van der Waals surface area contributed by atoms with E-state index in [4.69, 9.17) is 4.74 Å². The molecule has 2 aromatic rings. The van der Waals surface area contributed by atoms with E-state index in [1.165, 1.54) is 0 Å². The van der Waals surface area contributed by atoms with Gasteiger partial charge >= 0.3 is 0 Å². The van der Waals surface area contributed by atoms with Crippen LogP contribution in [0.3, 0.4) is 0 Å². The van der Waals surface area contributed by atoms with Crippen LogP contribution >= 0.6 is 0 Å². The number of fused-ring (bicyclic) bond motifs is 1. The van der Waals surface area contributed by atoms with Crippen molar-refractivity contribution in [1.29, 1.82) is 0 Å². The van der Waals surface area contributed by atoms with Gasteiger partial charge in [0.2, 0.25) is 0 Å². The van der Waals surface area contributed by atoms with Gasteiger partial charge in [0.05, 0.1) is 12.2 Å². The van der Waals surface area contributed by atoms with Gasteiger partial charge in [0.15, 0.2) is 0 Å².